The van der Waals surface area contributed by atoms with Gasteiger partial charge in [0.2, 0.25) is 0 Å². The molecule has 0 aromatic rings. The zero-order chi connectivity index (χ0) is 12.1. The molecule has 2 rings (SSSR count). The molecular formula is C14H26OS2. The van der Waals surface area contributed by atoms with Gasteiger partial charge < -0.3 is 0 Å². The van der Waals surface area contributed by atoms with Crippen molar-refractivity contribution in [3.05, 3.63) is 0 Å². The third-order valence-corrected chi connectivity index (χ3v) is 6.39. The molecule has 2 fully saturated rings. The van der Waals surface area contributed by atoms with E-state index in [0.29, 0.717) is 0 Å². The minimum absolute atomic E-state index is 0.765. The third-order valence-electron chi connectivity index (χ3n) is 4.28. The van der Waals surface area contributed by atoms with E-state index in [0.717, 1.165) is 22.3 Å². The van der Waals surface area contributed by atoms with Gasteiger partial charge in [-0.3, -0.25) is 0 Å². The van der Waals surface area contributed by atoms with E-state index >= 15 is 0 Å². The second kappa shape index (κ2) is 7.30. The number of rotatable bonds is 4. The highest BCUT2D eigenvalue weighted by molar-refractivity contribution is 8.08. The minimum Gasteiger partial charge on any atom is -0.247 e. The van der Waals surface area contributed by atoms with Crippen LogP contribution in [-0.4, -0.2) is 10.5 Å². The van der Waals surface area contributed by atoms with Crippen LogP contribution in [0, 0.1) is 11.8 Å². The lowest BCUT2D eigenvalue weighted by Gasteiger charge is -2.27. The lowest BCUT2D eigenvalue weighted by atomic mass is 9.91. The van der Waals surface area contributed by atoms with Crippen LogP contribution in [0.25, 0.3) is 0 Å². The van der Waals surface area contributed by atoms with Crippen LogP contribution in [0.2, 0.25) is 0 Å². The average molecular weight is 274 g/mol. The molecule has 0 heterocycles. The predicted octanol–water partition coefficient (Wildman–Crippen LogP) is 5.46. The second-order valence-corrected chi connectivity index (χ2v) is 8.29. The summed E-state index contributed by atoms with van der Waals surface area (Å²) >= 11 is 3.51. The van der Waals surface area contributed by atoms with Gasteiger partial charge in [-0.25, -0.2) is 3.63 Å². The van der Waals surface area contributed by atoms with Gasteiger partial charge in [0.15, 0.2) is 0 Å². The van der Waals surface area contributed by atoms with Crippen LogP contribution in [0.5, 0.6) is 0 Å². The molecule has 0 saturated heterocycles. The van der Waals surface area contributed by atoms with Crippen molar-refractivity contribution in [3.8, 4) is 0 Å². The molecule has 17 heavy (non-hydrogen) atoms. The van der Waals surface area contributed by atoms with Crippen molar-refractivity contribution in [1.29, 1.82) is 0 Å². The first kappa shape index (κ1) is 14.1. The fraction of sp³-hybridized carbons (Fsp3) is 1.00. The lowest BCUT2D eigenvalue weighted by molar-refractivity contribution is 0.385. The van der Waals surface area contributed by atoms with Gasteiger partial charge in [0.05, 0.1) is 0 Å². The highest BCUT2D eigenvalue weighted by atomic mass is 32.2. The van der Waals surface area contributed by atoms with Crippen molar-refractivity contribution < 1.29 is 3.63 Å². The third kappa shape index (κ3) is 5.04. The maximum absolute atomic E-state index is 5.82. The summed E-state index contributed by atoms with van der Waals surface area (Å²) in [7, 11) is 0. The Labute approximate surface area is 115 Å². The molecule has 3 heteroatoms. The summed E-state index contributed by atoms with van der Waals surface area (Å²) in [6.07, 6.45) is 11.0. The minimum atomic E-state index is 0.765. The van der Waals surface area contributed by atoms with E-state index in [1.54, 1.807) is 24.1 Å². The van der Waals surface area contributed by atoms with E-state index in [1.165, 1.54) is 51.4 Å². The molecule has 0 bridgehead atoms. The lowest BCUT2D eigenvalue weighted by Crippen LogP contribution is -2.15. The summed E-state index contributed by atoms with van der Waals surface area (Å²) in [6.45, 7) is 4.75. The maximum Gasteiger partial charge on any atom is 0.0324 e. The molecule has 0 atom stereocenters. The summed E-state index contributed by atoms with van der Waals surface area (Å²) in [5, 5.41) is 1.53. The Morgan fingerprint density at radius 2 is 1.00 bits per heavy atom. The van der Waals surface area contributed by atoms with E-state index in [4.69, 9.17) is 3.63 Å². The Morgan fingerprint density at radius 1 is 0.647 bits per heavy atom. The zero-order valence-corrected chi connectivity index (χ0v) is 12.8. The van der Waals surface area contributed by atoms with Gasteiger partial charge in [0.25, 0.3) is 0 Å². The SMILES string of the molecule is CC1CCC(SOSC2CCC(C)CC2)CC1. The van der Waals surface area contributed by atoms with Gasteiger partial charge >= 0.3 is 0 Å². The van der Waals surface area contributed by atoms with Crippen molar-refractivity contribution in [1.82, 2.24) is 0 Å². The molecule has 2 aliphatic rings. The van der Waals surface area contributed by atoms with E-state index in [-0.39, 0.29) is 0 Å². The Hall–Kier alpha value is 0.660. The number of hydrogen-bond acceptors (Lipinski definition) is 3. The molecule has 0 amide bonds. The second-order valence-electron chi connectivity index (χ2n) is 6.02. The van der Waals surface area contributed by atoms with Crippen LogP contribution in [-0.2, 0) is 3.63 Å². The van der Waals surface area contributed by atoms with E-state index in [2.05, 4.69) is 13.8 Å². The van der Waals surface area contributed by atoms with Crippen LogP contribution in [0.3, 0.4) is 0 Å². The fourth-order valence-corrected chi connectivity index (χ4v) is 4.78. The van der Waals surface area contributed by atoms with Gasteiger partial charge in [-0.05, 0) is 63.2 Å². The Kier molecular flexibility index (Phi) is 6.04. The summed E-state index contributed by atoms with van der Waals surface area (Å²) in [4.78, 5) is 0. The van der Waals surface area contributed by atoms with E-state index in [9.17, 15) is 0 Å². The highest BCUT2D eigenvalue weighted by Crippen LogP contribution is 2.38. The Bertz CT molecular complexity index is 184. The smallest absolute Gasteiger partial charge is 0.0324 e. The van der Waals surface area contributed by atoms with Crippen LogP contribution < -0.4 is 0 Å². The quantitative estimate of drug-likeness (QED) is 0.630. The fourth-order valence-electron chi connectivity index (χ4n) is 2.79. The monoisotopic (exact) mass is 274 g/mol. The molecule has 2 saturated carbocycles. The normalized spacial score (nSPS) is 39.2. The molecule has 0 aliphatic heterocycles. The van der Waals surface area contributed by atoms with Crippen LogP contribution in [0.4, 0.5) is 0 Å². The predicted molar refractivity (Wildman–Crippen MR) is 79.1 cm³/mol. The summed E-state index contributed by atoms with van der Waals surface area (Å²) in [6, 6.07) is 0. The Morgan fingerprint density at radius 3 is 1.35 bits per heavy atom. The molecule has 0 aromatic heterocycles. The van der Waals surface area contributed by atoms with Gasteiger partial charge in [0, 0.05) is 34.6 Å². The molecule has 2 aliphatic carbocycles. The van der Waals surface area contributed by atoms with Crippen molar-refractivity contribution >= 4 is 24.1 Å². The van der Waals surface area contributed by atoms with Crippen LogP contribution in [0.15, 0.2) is 0 Å². The van der Waals surface area contributed by atoms with E-state index < -0.39 is 0 Å². The Balaban J connectivity index is 1.54. The van der Waals surface area contributed by atoms with Gasteiger partial charge in [-0.2, -0.15) is 0 Å². The molecule has 0 spiro atoms. The highest BCUT2D eigenvalue weighted by Gasteiger charge is 2.22. The van der Waals surface area contributed by atoms with E-state index in [1.807, 2.05) is 0 Å². The van der Waals surface area contributed by atoms with Gasteiger partial charge in [0.1, 0.15) is 0 Å². The first-order valence-corrected chi connectivity index (χ1v) is 8.83. The van der Waals surface area contributed by atoms with Crippen LogP contribution in [0.1, 0.15) is 65.2 Å². The molecule has 0 N–H and O–H groups in total. The van der Waals surface area contributed by atoms with Gasteiger partial charge in [-0.1, -0.05) is 13.8 Å². The molecular weight excluding hydrogens is 248 g/mol. The molecule has 1 nitrogen and oxygen atoms in total. The maximum atomic E-state index is 5.82. The largest absolute Gasteiger partial charge is 0.247 e. The number of hydrogen-bond donors (Lipinski definition) is 0. The summed E-state index contributed by atoms with van der Waals surface area (Å²) in [5.41, 5.74) is 0. The first-order valence-electron chi connectivity index (χ1n) is 7.23. The molecule has 100 valence electrons. The first-order chi connectivity index (χ1) is 8.24. The summed E-state index contributed by atoms with van der Waals surface area (Å²) < 4.78 is 5.82. The molecule has 0 unspecified atom stereocenters. The van der Waals surface area contributed by atoms with Crippen LogP contribution >= 0.6 is 24.1 Å². The average Bonchev–Trinajstić information content (AvgIpc) is 2.34. The topological polar surface area (TPSA) is 9.23 Å². The molecule has 0 aromatic carbocycles. The van der Waals surface area contributed by atoms with Crippen molar-refractivity contribution in [2.75, 3.05) is 0 Å². The van der Waals surface area contributed by atoms with Crippen molar-refractivity contribution in [2.45, 2.75) is 75.7 Å². The summed E-state index contributed by atoms with van der Waals surface area (Å²) in [5.74, 6) is 1.89. The standard InChI is InChI=1S/C14H26OS2/c1-11-3-7-13(8-4-11)16-15-17-14-9-5-12(2)6-10-14/h11-14H,3-10H2,1-2H3. The zero-order valence-electron chi connectivity index (χ0n) is 11.2. The van der Waals surface area contributed by atoms with Crippen molar-refractivity contribution in [2.24, 2.45) is 11.8 Å². The van der Waals surface area contributed by atoms with Gasteiger partial charge in [-0.15, -0.1) is 0 Å². The molecule has 0 radical (unpaired) electrons. The van der Waals surface area contributed by atoms with Crippen molar-refractivity contribution in [3.63, 3.8) is 0 Å².